The molecule has 0 aliphatic heterocycles. The van der Waals surface area contributed by atoms with Gasteiger partial charge in [0.25, 0.3) is 0 Å². The summed E-state index contributed by atoms with van der Waals surface area (Å²) in [5.74, 6) is 2.08. The first kappa shape index (κ1) is 30.5. The van der Waals surface area contributed by atoms with Gasteiger partial charge in [0.05, 0.1) is 5.69 Å². The summed E-state index contributed by atoms with van der Waals surface area (Å²) in [6, 6.07) is 36.1. The Morgan fingerprint density at radius 1 is 0.756 bits per heavy atom. The molecule has 0 atom stereocenters. The van der Waals surface area contributed by atoms with Gasteiger partial charge in [0.1, 0.15) is 5.82 Å². The van der Waals surface area contributed by atoms with Crippen LogP contribution in [0.5, 0.6) is 11.5 Å². The van der Waals surface area contributed by atoms with Gasteiger partial charge in [-0.05, 0) is 85.6 Å². The Hall–Kier alpha value is -4.50. The first-order valence-electron chi connectivity index (χ1n) is 15.2. The third-order valence-electron chi connectivity index (χ3n) is 8.26. The van der Waals surface area contributed by atoms with Gasteiger partial charge >= 0.3 is 20.4 Å². The summed E-state index contributed by atoms with van der Waals surface area (Å²) in [4.78, 5) is 4.69. The van der Waals surface area contributed by atoms with Crippen molar-refractivity contribution in [3.05, 3.63) is 131 Å². The molecule has 7 aromatic rings. The minimum absolute atomic E-state index is 0. The second kappa shape index (κ2) is 12.5. The Morgan fingerprint density at radius 3 is 2.29 bits per heavy atom. The molecule has 3 heterocycles. The third kappa shape index (κ3) is 5.50. The predicted molar refractivity (Wildman–Crippen MR) is 178 cm³/mol. The average Bonchev–Trinajstić information content (AvgIpc) is 3.51. The van der Waals surface area contributed by atoms with E-state index in [2.05, 4.69) is 106 Å². The standard InChI is InChI=1S/C39H34N4O.Pd/c1-6-11-35-39(38-26(3)12-9-13-27(38)4)28(5)41-43(35)29-14-10-15-30(23-29)44-31-18-19-33-32-16-7-8-17-34(32)42(36(33)24-31)37-22-25(2)20-21-40-37;/h7-10,12-22H,6,11H2,1-5H3;/q-2;+2. The summed E-state index contributed by atoms with van der Waals surface area (Å²) in [6.07, 6.45) is 3.77. The molecule has 0 fully saturated rings. The van der Waals surface area contributed by atoms with E-state index in [9.17, 15) is 0 Å². The molecule has 0 bridgehead atoms. The van der Waals surface area contributed by atoms with Crippen LogP contribution in [0.3, 0.4) is 0 Å². The van der Waals surface area contributed by atoms with Crippen molar-refractivity contribution >= 4 is 21.8 Å². The van der Waals surface area contributed by atoms with E-state index in [1.807, 2.05) is 41.2 Å². The Morgan fingerprint density at radius 2 is 1.51 bits per heavy atom. The van der Waals surface area contributed by atoms with Crippen molar-refractivity contribution in [2.24, 2.45) is 0 Å². The number of aromatic nitrogens is 4. The third-order valence-corrected chi connectivity index (χ3v) is 8.26. The number of rotatable bonds is 7. The van der Waals surface area contributed by atoms with Crippen LogP contribution >= 0.6 is 0 Å². The molecule has 0 radical (unpaired) electrons. The molecule has 0 saturated heterocycles. The first-order chi connectivity index (χ1) is 21.4. The van der Waals surface area contributed by atoms with Crippen LogP contribution < -0.4 is 4.74 Å². The molecular weight excluding hydrogens is 647 g/mol. The molecule has 6 heteroatoms. The van der Waals surface area contributed by atoms with Gasteiger partial charge in [-0.15, -0.1) is 35.7 Å². The molecule has 7 rings (SSSR count). The van der Waals surface area contributed by atoms with Crippen LogP contribution in [0.1, 0.15) is 41.4 Å². The van der Waals surface area contributed by atoms with E-state index in [4.69, 9.17) is 14.8 Å². The normalized spacial score (nSPS) is 11.2. The SMILES string of the molecule is CCCc1c(-c2c(C)cccc2C)c(C)nn1-c1[c-]c(Oc2[c-]c3c(cc2)c2ccccc2n3-c2cc(C)ccn2)ccc1.[Pd+2]. The van der Waals surface area contributed by atoms with E-state index < -0.39 is 0 Å². The van der Waals surface area contributed by atoms with Crippen molar-refractivity contribution in [1.82, 2.24) is 19.3 Å². The van der Waals surface area contributed by atoms with E-state index >= 15 is 0 Å². The summed E-state index contributed by atoms with van der Waals surface area (Å²) in [7, 11) is 0. The van der Waals surface area contributed by atoms with Crippen LogP contribution in [-0.2, 0) is 26.8 Å². The molecule has 0 unspecified atom stereocenters. The number of aryl methyl sites for hydroxylation is 4. The van der Waals surface area contributed by atoms with Gasteiger partial charge in [0, 0.05) is 34.5 Å². The Kier molecular flexibility index (Phi) is 8.47. The van der Waals surface area contributed by atoms with E-state index in [1.54, 1.807) is 0 Å². The van der Waals surface area contributed by atoms with E-state index in [0.717, 1.165) is 57.4 Å². The maximum atomic E-state index is 6.43. The number of hydrogen-bond donors (Lipinski definition) is 0. The Balaban J connectivity index is 0.00000357. The second-order valence-corrected chi connectivity index (χ2v) is 11.5. The van der Waals surface area contributed by atoms with Crippen LogP contribution in [0, 0.1) is 39.8 Å². The maximum Gasteiger partial charge on any atom is 2.00 e. The molecule has 0 aliphatic carbocycles. The van der Waals surface area contributed by atoms with Crippen LogP contribution in [-0.4, -0.2) is 19.3 Å². The molecule has 226 valence electrons. The van der Waals surface area contributed by atoms with Gasteiger partial charge in [-0.2, -0.15) is 17.2 Å². The molecule has 0 aliphatic rings. The van der Waals surface area contributed by atoms with E-state index in [0.29, 0.717) is 11.5 Å². The summed E-state index contributed by atoms with van der Waals surface area (Å²) in [5, 5.41) is 7.29. The van der Waals surface area contributed by atoms with Crippen LogP contribution in [0.4, 0.5) is 0 Å². The summed E-state index contributed by atoms with van der Waals surface area (Å²) in [5.41, 5.74) is 11.2. The molecule has 0 saturated carbocycles. The number of nitrogens with zero attached hydrogens (tertiary/aromatic N) is 4. The smallest absolute Gasteiger partial charge is 0.509 e. The molecule has 0 amide bonds. The maximum absolute atomic E-state index is 6.43. The fourth-order valence-corrected chi connectivity index (χ4v) is 6.33. The number of para-hydroxylation sites is 1. The second-order valence-electron chi connectivity index (χ2n) is 11.5. The molecule has 0 spiro atoms. The quantitative estimate of drug-likeness (QED) is 0.124. The number of ether oxygens (including phenoxy) is 1. The zero-order chi connectivity index (χ0) is 30.4. The fourth-order valence-electron chi connectivity index (χ4n) is 6.33. The van der Waals surface area contributed by atoms with Gasteiger partial charge in [-0.3, -0.25) is 4.68 Å². The summed E-state index contributed by atoms with van der Waals surface area (Å²) in [6.45, 7) is 10.7. The number of fused-ring (bicyclic) bond motifs is 3. The van der Waals surface area contributed by atoms with E-state index in [-0.39, 0.29) is 20.4 Å². The molecular formula is C39H34N4OPd. The molecule has 0 N–H and O–H groups in total. The zero-order valence-corrected chi connectivity index (χ0v) is 27.6. The zero-order valence-electron chi connectivity index (χ0n) is 26.1. The van der Waals surface area contributed by atoms with Crippen LogP contribution in [0.15, 0.2) is 91.1 Å². The Bertz CT molecular complexity index is 2150. The van der Waals surface area contributed by atoms with Crippen molar-refractivity contribution < 1.29 is 25.2 Å². The topological polar surface area (TPSA) is 44.9 Å². The molecule has 4 aromatic carbocycles. The predicted octanol–water partition coefficient (Wildman–Crippen LogP) is 9.61. The number of benzene rings is 4. The van der Waals surface area contributed by atoms with Crippen molar-refractivity contribution in [2.45, 2.75) is 47.5 Å². The number of pyridine rings is 1. The molecule has 45 heavy (non-hydrogen) atoms. The van der Waals surface area contributed by atoms with Gasteiger partial charge in [-0.1, -0.05) is 55.3 Å². The minimum atomic E-state index is 0. The van der Waals surface area contributed by atoms with Gasteiger partial charge in [0.15, 0.2) is 0 Å². The first-order valence-corrected chi connectivity index (χ1v) is 15.2. The van der Waals surface area contributed by atoms with Crippen molar-refractivity contribution in [2.75, 3.05) is 0 Å². The monoisotopic (exact) mass is 680 g/mol. The Labute approximate surface area is 278 Å². The summed E-state index contributed by atoms with van der Waals surface area (Å²) < 4.78 is 10.6. The molecule has 3 aromatic heterocycles. The number of hydrogen-bond acceptors (Lipinski definition) is 3. The van der Waals surface area contributed by atoms with Crippen LogP contribution in [0.2, 0.25) is 0 Å². The van der Waals surface area contributed by atoms with E-state index in [1.165, 1.54) is 27.9 Å². The average molecular weight is 681 g/mol. The van der Waals surface area contributed by atoms with Gasteiger partial charge in [0.2, 0.25) is 0 Å². The summed E-state index contributed by atoms with van der Waals surface area (Å²) >= 11 is 0. The van der Waals surface area contributed by atoms with Crippen molar-refractivity contribution in [3.63, 3.8) is 0 Å². The van der Waals surface area contributed by atoms with Gasteiger partial charge in [-0.25, -0.2) is 4.98 Å². The largest absolute Gasteiger partial charge is 2.00 e. The molecule has 5 nitrogen and oxygen atoms in total. The van der Waals surface area contributed by atoms with Crippen molar-refractivity contribution in [1.29, 1.82) is 0 Å². The fraction of sp³-hybridized carbons (Fsp3) is 0.179. The van der Waals surface area contributed by atoms with Gasteiger partial charge < -0.3 is 9.30 Å². The minimum Gasteiger partial charge on any atom is -0.509 e. The van der Waals surface area contributed by atoms with Crippen LogP contribution in [0.25, 0.3) is 44.4 Å². The van der Waals surface area contributed by atoms with Crippen molar-refractivity contribution in [3.8, 4) is 34.1 Å².